The van der Waals surface area contributed by atoms with Gasteiger partial charge in [0.15, 0.2) is 0 Å². The lowest BCUT2D eigenvalue weighted by Gasteiger charge is -2.22. The Balaban J connectivity index is 2.49. The van der Waals surface area contributed by atoms with Gasteiger partial charge in [0.25, 0.3) is 0 Å². The van der Waals surface area contributed by atoms with Crippen molar-refractivity contribution >= 4 is 5.84 Å². The van der Waals surface area contributed by atoms with Gasteiger partial charge in [-0.05, 0) is 25.5 Å². The first-order valence-electron chi connectivity index (χ1n) is 6.16. The molecule has 1 rings (SSSR count). The fourth-order valence-electron chi connectivity index (χ4n) is 1.38. The van der Waals surface area contributed by atoms with E-state index in [4.69, 9.17) is 20.6 Å². The standard InChI is InChI=1S/C14H22N2O2/c1-4-17-11-6-5-7-12(10-11)18-9-8-14(2,3)13(15)16/h5-7,10H,4,8-9H2,1-3H3,(H3,15,16). The first kappa shape index (κ1) is 14.4. The number of nitrogens with two attached hydrogens (primary N) is 1. The van der Waals surface area contributed by atoms with E-state index in [9.17, 15) is 0 Å². The monoisotopic (exact) mass is 250 g/mol. The zero-order valence-electron chi connectivity index (χ0n) is 11.3. The van der Waals surface area contributed by atoms with Crippen LogP contribution in [-0.4, -0.2) is 19.0 Å². The number of hydrogen-bond donors (Lipinski definition) is 2. The fraction of sp³-hybridized carbons (Fsp3) is 0.500. The summed E-state index contributed by atoms with van der Waals surface area (Å²) >= 11 is 0. The molecule has 0 saturated carbocycles. The highest BCUT2D eigenvalue weighted by molar-refractivity contribution is 5.82. The van der Waals surface area contributed by atoms with Crippen molar-refractivity contribution in [2.45, 2.75) is 27.2 Å². The Morgan fingerprint density at radius 2 is 1.89 bits per heavy atom. The Morgan fingerprint density at radius 3 is 2.44 bits per heavy atom. The van der Waals surface area contributed by atoms with Gasteiger partial charge in [-0.25, -0.2) is 0 Å². The largest absolute Gasteiger partial charge is 0.494 e. The van der Waals surface area contributed by atoms with Crippen LogP contribution in [0.1, 0.15) is 27.2 Å². The lowest BCUT2D eigenvalue weighted by atomic mass is 9.88. The molecule has 18 heavy (non-hydrogen) atoms. The van der Waals surface area contributed by atoms with Crippen molar-refractivity contribution in [1.29, 1.82) is 5.41 Å². The van der Waals surface area contributed by atoms with Gasteiger partial charge in [-0.15, -0.1) is 0 Å². The molecule has 0 aliphatic heterocycles. The highest BCUT2D eigenvalue weighted by Gasteiger charge is 2.21. The van der Waals surface area contributed by atoms with Gasteiger partial charge in [-0.2, -0.15) is 0 Å². The molecule has 4 heteroatoms. The van der Waals surface area contributed by atoms with Crippen LogP contribution in [0.15, 0.2) is 24.3 Å². The van der Waals surface area contributed by atoms with Crippen LogP contribution in [0.4, 0.5) is 0 Å². The van der Waals surface area contributed by atoms with E-state index in [0.29, 0.717) is 19.6 Å². The van der Waals surface area contributed by atoms with Crippen LogP contribution in [0.25, 0.3) is 0 Å². The van der Waals surface area contributed by atoms with Crippen molar-refractivity contribution < 1.29 is 9.47 Å². The van der Waals surface area contributed by atoms with Crippen LogP contribution < -0.4 is 15.2 Å². The Bertz CT molecular complexity index is 403. The minimum Gasteiger partial charge on any atom is -0.494 e. The molecule has 0 aliphatic rings. The quantitative estimate of drug-likeness (QED) is 0.577. The van der Waals surface area contributed by atoms with E-state index in [1.165, 1.54) is 0 Å². The third-order valence-electron chi connectivity index (χ3n) is 2.84. The SMILES string of the molecule is CCOc1cccc(OCCC(C)(C)C(=N)N)c1. The second-order valence-electron chi connectivity index (χ2n) is 4.80. The molecule has 0 spiro atoms. The average molecular weight is 250 g/mol. The maximum absolute atomic E-state index is 7.47. The van der Waals surface area contributed by atoms with Gasteiger partial charge in [0, 0.05) is 11.5 Å². The van der Waals surface area contributed by atoms with Crippen molar-refractivity contribution in [3.8, 4) is 11.5 Å². The smallest absolute Gasteiger partial charge is 0.122 e. The number of amidine groups is 1. The summed E-state index contributed by atoms with van der Waals surface area (Å²) in [6, 6.07) is 7.56. The molecule has 0 atom stereocenters. The third kappa shape index (κ3) is 4.28. The molecule has 0 saturated heterocycles. The highest BCUT2D eigenvalue weighted by Crippen LogP contribution is 2.22. The number of rotatable bonds is 7. The van der Waals surface area contributed by atoms with Crippen LogP contribution in [0, 0.1) is 10.8 Å². The van der Waals surface area contributed by atoms with Crippen LogP contribution >= 0.6 is 0 Å². The fourth-order valence-corrected chi connectivity index (χ4v) is 1.38. The minimum atomic E-state index is -0.322. The van der Waals surface area contributed by atoms with E-state index in [0.717, 1.165) is 11.5 Å². The summed E-state index contributed by atoms with van der Waals surface area (Å²) in [5.41, 5.74) is 5.20. The normalized spacial score (nSPS) is 11.1. The molecule has 0 amide bonds. The van der Waals surface area contributed by atoms with Gasteiger partial charge in [-0.1, -0.05) is 19.9 Å². The molecular formula is C14H22N2O2. The Kier molecular flexibility index (Phi) is 5.01. The molecule has 0 heterocycles. The Labute approximate surface area is 109 Å². The highest BCUT2D eigenvalue weighted by atomic mass is 16.5. The summed E-state index contributed by atoms with van der Waals surface area (Å²) in [6.07, 6.45) is 0.710. The molecule has 1 aromatic carbocycles. The number of nitrogens with one attached hydrogen (secondary N) is 1. The van der Waals surface area contributed by atoms with E-state index in [1.54, 1.807) is 0 Å². The lowest BCUT2D eigenvalue weighted by molar-refractivity contribution is 0.266. The molecule has 1 aromatic rings. The van der Waals surface area contributed by atoms with Crippen molar-refractivity contribution in [2.24, 2.45) is 11.1 Å². The summed E-state index contributed by atoms with van der Waals surface area (Å²) in [5.74, 6) is 1.77. The van der Waals surface area contributed by atoms with Gasteiger partial charge in [-0.3, -0.25) is 5.41 Å². The summed E-state index contributed by atoms with van der Waals surface area (Å²) in [6.45, 7) is 7.00. The number of benzene rings is 1. The van der Waals surface area contributed by atoms with Crippen LogP contribution in [-0.2, 0) is 0 Å². The minimum absolute atomic E-state index is 0.189. The van der Waals surface area contributed by atoms with Crippen LogP contribution in [0.5, 0.6) is 11.5 Å². The van der Waals surface area contributed by atoms with E-state index in [1.807, 2.05) is 45.0 Å². The van der Waals surface area contributed by atoms with Gasteiger partial charge in [0.05, 0.1) is 19.0 Å². The second kappa shape index (κ2) is 6.28. The van der Waals surface area contributed by atoms with Gasteiger partial charge in [0.1, 0.15) is 11.5 Å². The molecular weight excluding hydrogens is 228 g/mol. The predicted octanol–water partition coefficient (Wildman–Crippen LogP) is 2.82. The third-order valence-corrected chi connectivity index (χ3v) is 2.84. The topological polar surface area (TPSA) is 68.3 Å². The van der Waals surface area contributed by atoms with Crippen molar-refractivity contribution in [2.75, 3.05) is 13.2 Å². The molecule has 4 nitrogen and oxygen atoms in total. The summed E-state index contributed by atoms with van der Waals surface area (Å²) in [5, 5.41) is 7.47. The van der Waals surface area contributed by atoms with Crippen molar-refractivity contribution in [1.82, 2.24) is 0 Å². The lowest BCUT2D eigenvalue weighted by Crippen LogP contribution is -2.32. The number of hydrogen-bond acceptors (Lipinski definition) is 3. The van der Waals surface area contributed by atoms with Crippen molar-refractivity contribution in [3.63, 3.8) is 0 Å². The van der Waals surface area contributed by atoms with Crippen LogP contribution in [0.3, 0.4) is 0 Å². The molecule has 0 aliphatic carbocycles. The van der Waals surface area contributed by atoms with Gasteiger partial charge < -0.3 is 15.2 Å². The summed E-state index contributed by atoms with van der Waals surface area (Å²) < 4.78 is 11.0. The van der Waals surface area contributed by atoms with Crippen molar-refractivity contribution in [3.05, 3.63) is 24.3 Å². The van der Waals surface area contributed by atoms with E-state index >= 15 is 0 Å². The average Bonchev–Trinajstić information content (AvgIpc) is 2.29. The zero-order valence-corrected chi connectivity index (χ0v) is 11.3. The Morgan fingerprint density at radius 1 is 1.28 bits per heavy atom. The number of ether oxygens (including phenoxy) is 2. The van der Waals surface area contributed by atoms with Crippen LogP contribution in [0.2, 0.25) is 0 Å². The molecule has 0 unspecified atom stereocenters. The molecule has 0 aromatic heterocycles. The Hall–Kier alpha value is -1.71. The van der Waals surface area contributed by atoms with Gasteiger partial charge in [0.2, 0.25) is 0 Å². The molecule has 3 N–H and O–H groups in total. The molecule has 100 valence electrons. The van der Waals surface area contributed by atoms with E-state index in [2.05, 4.69) is 0 Å². The maximum atomic E-state index is 7.47. The first-order valence-corrected chi connectivity index (χ1v) is 6.16. The zero-order chi connectivity index (χ0) is 13.6. The summed E-state index contributed by atoms with van der Waals surface area (Å²) in [7, 11) is 0. The predicted molar refractivity (Wildman–Crippen MR) is 73.4 cm³/mol. The van der Waals surface area contributed by atoms with Gasteiger partial charge >= 0.3 is 0 Å². The van der Waals surface area contributed by atoms with E-state index in [-0.39, 0.29) is 11.3 Å². The molecule has 0 bridgehead atoms. The van der Waals surface area contributed by atoms with E-state index < -0.39 is 0 Å². The second-order valence-corrected chi connectivity index (χ2v) is 4.80. The molecule has 0 fully saturated rings. The summed E-state index contributed by atoms with van der Waals surface area (Å²) in [4.78, 5) is 0. The first-order chi connectivity index (χ1) is 8.45. The maximum Gasteiger partial charge on any atom is 0.122 e. The molecule has 0 radical (unpaired) electrons.